The average molecular weight is 502 g/mol. The molecular formula is C27H33BrFNO2. The lowest BCUT2D eigenvalue weighted by molar-refractivity contribution is 0.0769. The van der Waals surface area contributed by atoms with E-state index in [0.29, 0.717) is 17.6 Å². The van der Waals surface area contributed by atoms with Gasteiger partial charge in [0.15, 0.2) is 0 Å². The average Bonchev–Trinajstić information content (AvgIpc) is 2.74. The van der Waals surface area contributed by atoms with Gasteiger partial charge in [0.2, 0.25) is 0 Å². The Hall–Kier alpha value is -2.01. The molecule has 1 saturated heterocycles. The van der Waals surface area contributed by atoms with E-state index in [1.807, 2.05) is 18.2 Å². The highest BCUT2D eigenvalue weighted by molar-refractivity contribution is 8.93. The topological polar surface area (TPSA) is 32.7 Å². The van der Waals surface area contributed by atoms with Gasteiger partial charge in [-0.25, -0.2) is 4.39 Å². The maximum absolute atomic E-state index is 13.1. The molecule has 6 rings (SSSR count). The van der Waals surface area contributed by atoms with E-state index in [-0.39, 0.29) is 28.4 Å². The zero-order chi connectivity index (χ0) is 21.8. The Morgan fingerprint density at radius 2 is 1.84 bits per heavy atom. The van der Waals surface area contributed by atoms with Crippen molar-refractivity contribution in [3.05, 3.63) is 64.6 Å². The first-order valence-corrected chi connectivity index (χ1v) is 11.6. The predicted molar refractivity (Wildman–Crippen MR) is 132 cm³/mol. The van der Waals surface area contributed by atoms with Crippen LogP contribution in [0.25, 0.3) is 5.57 Å². The second kappa shape index (κ2) is 8.74. The minimum atomic E-state index is -0.377. The van der Waals surface area contributed by atoms with Crippen molar-refractivity contribution >= 4 is 22.6 Å². The third-order valence-corrected chi connectivity index (χ3v) is 7.37. The number of piperidine rings is 1. The summed E-state index contributed by atoms with van der Waals surface area (Å²) < 4.78 is 19.6. The van der Waals surface area contributed by atoms with Crippen LogP contribution < -0.4 is 4.74 Å². The summed E-state index contributed by atoms with van der Waals surface area (Å²) >= 11 is 0. The number of aryl methyl sites for hydroxylation is 1. The van der Waals surface area contributed by atoms with Gasteiger partial charge in [0.25, 0.3) is 0 Å². The number of fused-ring (bicyclic) bond motifs is 3. The van der Waals surface area contributed by atoms with Crippen LogP contribution in [0.15, 0.2) is 42.1 Å². The molecule has 32 heavy (non-hydrogen) atoms. The summed E-state index contributed by atoms with van der Waals surface area (Å²) in [5.74, 6) is 1.83. The molecule has 4 aliphatic heterocycles. The van der Waals surface area contributed by atoms with Gasteiger partial charge in [-0.05, 0) is 98.8 Å². The van der Waals surface area contributed by atoms with E-state index in [1.54, 1.807) is 0 Å². The van der Waals surface area contributed by atoms with E-state index in [0.717, 1.165) is 67.6 Å². The molecular weight excluding hydrogens is 469 g/mol. The Morgan fingerprint density at radius 3 is 2.53 bits per heavy atom. The number of phenols is 1. The molecule has 2 bridgehead atoms. The second-order valence-electron chi connectivity index (χ2n) is 9.97. The number of halogens is 2. The zero-order valence-corrected chi connectivity index (χ0v) is 20.9. The van der Waals surface area contributed by atoms with E-state index in [9.17, 15) is 9.50 Å². The van der Waals surface area contributed by atoms with Gasteiger partial charge in [0, 0.05) is 13.1 Å². The van der Waals surface area contributed by atoms with Gasteiger partial charge in [-0.3, -0.25) is 0 Å². The summed E-state index contributed by atoms with van der Waals surface area (Å²) in [5, 5.41) is 11.1. The number of allylic oxidation sites excluding steroid dienone is 1. The van der Waals surface area contributed by atoms with Crippen LogP contribution in [0.2, 0.25) is 0 Å². The molecule has 0 radical (unpaired) electrons. The summed E-state index contributed by atoms with van der Waals surface area (Å²) in [5.41, 5.74) is 5.42. The highest BCUT2D eigenvalue weighted by Crippen LogP contribution is 2.54. The van der Waals surface area contributed by atoms with E-state index < -0.39 is 0 Å². The van der Waals surface area contributed by atoms with Crippen LogP contribution in [0.3, 0.4) is 0 Å². The minimum absolute atomic E-state index is 0. The fourth-order valence-electron chi connectivity index (χ4n) is 5.79. The van der Waals surface area contributed by atoms with Gasteiger partial charge >= 0.3 is 0 Å². The molecule has 0 amide bonds. The molecule has 0 saturated carbocycles. The van der Waals surface area contributed by atoms with Gasteiger partial charge < -0.3 is 14.7 Å². The normalized spacial score (nSPS) is 19.7. The SMILES string of the molecule is Br.CC(CCCc1ccc(F)cc1)c1cc(O)c2c(c1)OC(C)(C)C1=C2C2CCN1CC2. The monoisotopic (exact) mass is 501 g/mol. The molecule has 5 heteroatoms. The third-order valence-electron chi connectivity index (χ3n) is 7.37. The number of aromatic hydroxyl groups is 1. The molecule has 0 aliphatic carbocycles. The predicted octanol–water partition coefficient (Wildman–Crippen LogP) is 6.84. The van der Waals surface area contributed by atoms with Gasteiger partial charge in [0.1, 0.15) is 22.9 Å². The molecule has 4 aliphatic rings. The van der Waals surface area contributed by atoms with Crippen LogP contribution in [-0.2, 0) is 6.42 Å². The Kier molecular flexibility index (Phi) is 6.32. The molecule has 172 valence electrons. The second-order valence-corrected chi connectivity index (χ2v) is 9.97. The van der Waals surface area contributed by atoms with Gasteiger partial charge in [-0.2, -0.15) is 0 Å². The summed E-state index contributed by atoms with van der Waals surface area (Å²) in [7, 11) is 0. The summed E-state index contributed by atoms with van der Waals surface area (Å²) in [6, 6.07) is 10.9. The van der Waals surface area contributed by atoms with Crippen LogP contribution in [0.4, 0.5) is 4.39 Å². The maximum Gasteiger partial charge on any atom is 0.143 e. The highest BCUT2D eigenvalue weighted by atomic mass is 79.9. The molecule has 0 spiro atoms. The van der Waals surface area contributed by atoms with Crippen molar-refractivity contribution in [2.75, 3.05) is 13.1 Å². The first-order chi connectivity index (χ1) is 14.8. The molecule has 3 nitrogen and oxygen atoms in total. The lowest BCUT2D eigenvalue weighted by Crippen LogP contribution is -2.50. The first-order valence-electron chi connectivity index (χ1n) is 11.6. The van der Waals surface area contributed by atoms with Crippen LogP contribution in [0.1, 0.15) is 69.1 Å². The van der Waals surface area contributed by atoms with Crippen molar-refractivity contribution in [3.8, 4) is 11.5 Å². The number of ether oxygens (including phenoxy) is 1. The number of hydrogen-bond donors (Lipinski definition) is 1. The zero-order valence-electron chi connectivity index (χ0n) is 19.2. The van der Waals surface area contributed by atoms with Crippen molar-refractivity contribution < 1.29 is 14.2 Å². The van der Waals surface area contributed by atoms with Crippen molar-refractivity contribution in [2.45, 2.75) is 64.4 Å². The number of benzene rings is 2. The summed E-state index contributed by atoms with van der Waals surface area (Å²) in [4.78, 5) is 2.46. The van der Waals surface area contributed by atoms with Crippen LogP contribution in [0, 0.1) is 11.7 Å². The van der Waals surface area contributed by atoms with E-state index >= 15 is 0 Å². The number of rotatable bonds is 5. The Morgan fingerprint density at radius 1 is 1.16 bits per heavy atom. The van der Waals surface area contributed by atoms with E-state index in [2.05, 4.69) is 31.7 Å². The molecule has 0 aromatic heterocycles. The largest absolute Gasteiger partial charge is 0.507 e. The number of hydrogen-bond acceptors (Lipinski definition) is 3. The summed E-state index contributed by atoms with van der Waals surface area (Å²) in [6.07, 6.45) is 5.27. The first kappa shape index (κ1) is 23.2. The molecule has 1 N–H and O–H groups in total. The molecule has 2 aromatic rings. The summed E-state index contributed by atoms with van der Waals surface area (Å²) in [6.45, 7) is 8.70. The Balaban J connectivity index is 0.00000245. The Labute approximate surface area is 201 Å². The van der Waals surface area contributed by atoms with Gasteiger partial charge in [-0.1, -0.05) is 19.1 Å². The fraction of sp³-hybridized carbons (Fsp3) is 0.481. The van der Waals surface area contributed by atoms with Crippen molar-refractivity contribution in [1.82, 2.24) is 4.90 Å². The highest BCUT2D eigenvalue weighted by Gasteiger charge is 2.46. The molecule has 1 unspecified atom stereocenters. The standard InChI is InChI=1S/C27H32FNO2.BrH/c1-17(5-4-6-18-7-9-21(28)10-8-18)20-15-22(30)25-23(16-20)31-27(2,3)26-24(25)19-11-13-29(26)14-12-19;/h7-10,15-17,19,30H,4-6,11-14H2,1-3H3;1H. The lowest BCUT2D eigenvalue weighted by atomic mass is 9.73. The number of nitrogens with zero attached hydrogens (tertiary/aromatic N) is 1. The van der Waals surface area contributed by atoms with Crippen LogP contribution in [0.5, 0.6) is 11.5 Å². The van der Waals surface area contributed by atoms with Gasteiger partial charge in [-0.15, -0.1) is 17.0 Å². The lowest BCUT2D eigenvalue weighted by Gasteiger charge is -2.51. The molecule has 1 fully saturated rings. The molecule has 4 heterocycles. The van der Waals surface area contributed by atoms with E-state index in [4.69, 9.17) is 4.74 Å². The Bertz CT molecular complexity index is 1020. The maximum atomic E-state index is 13.1. The smallest absolute Gasteiger partial charge is 0.143 e. The van der Waals surface area contributed by atoms with Crippen molar-refractivity contribution in [3.63, 3.8) is 0 Å². The molecule has 1 atom stereocenters. The van der Waals surface area contributed by atoms with Crippen molar-refractivity contribution in [2.24, 2.45) is 5.92 Å². The minimum Gasteiger partial charge on any atom is -0.507 e. The van der Waals surface area contributed by atoms with Crippen molar-refractivity contribution in [1.29, 1.82) is 0 Å². The number of phenolic OH excluding ortho intramolecular Hbond substituents is 1. The quantitative estimate of drug-likeness (QED) is 0.486. The van der Waals surface area contributed by atoms with Crippen LogP contribution >= 0.6 is 17.0 Å². The molecule has 2 aromatic carbocycles. The van der Waals surface area contributed by atoms with E-state index in [1.165, 1.54) is 23.4 Å². The van der Waals surface area contributed by atoms with Gasteiger partial charge in [0.05, 0.1) is 11.3 Å². The van der Waals surface area contributed by atoms with Crippen LogP contribution in [-0.4, -0.2) is 28.7 Å². The third kappa shape index (κ3) is 4.05. The fourth-order valence-corrected chi connectivity index (χ4v) is 5.79.